The number of hydrogen-bond donors (Lipinski definition) is 1. The number of aromatic amines is 1. The van der Waals surface area contributed by atoms with E-state index < -0.39 is 0 Å². The summed E-state index contributed by atoms with van der Waals surface area (Å²) < 4.78 is 13.3. The zero-order valence-electron chi connectivity index (χ0n) is 7.16. The molecule has 2 rings (SSSR count). The molecule has 3 nitrogen and oxygen atoms in total. The lowest BCUT2D eigenvalue weighted by atomic mass is 10.1. The summed E-state index contributed by atoms with van der Waals surface area (Å²) in [5.74, 6) is -0.367. The fourth-order valence-electron chi connectivity index (χ4n) is 1.25. The second-order valence-corrected chi connectivity index (χ2v) is 2.72. The smallest absolute Gasteiger partial charge is 0.166 e. The van der Waals surface area contributed by atoms with Crippen LogP contribution in [-0.2, 0) is 0 Å². The van der Waals surface area contributed by atoms with Crippen molar-refractivity contribution in [2.45, 2.75) is 0 Å². The maximum atomic E-state index is 13.3. The molecule has 1 heterocycles. The van der Waals surface area contributed by atoms with Crippen molar-refractivity contribution in [1.29, 1.82) is 5.26 Å². The van der Waals surface area contributed by atoms with Crippen LogP contribution in [0.3, 0.4) is 0 Å². The third kappa shape index (κ3) is 1.25. The Kier molecular flexibility index (Phi) is 1.99. The van der Waals surface area contributed by atoms with E-state index in [1.165, 1.54) is 12.4 Å². The van der Waals surface area contributed by atoms with Crippen LogP contribution in [0.5, 0.6) is 0 Å². The Morgan fingerprint density at radius 3 is 2.86 bits per heavy atom. The number of halogens is 1. The van der Waals surface area contributed by atoms with Crippen LogP contribution in [0.25, 0.3) is 11.3 Å². The number of benzene rings is 1. The van der Waals surface area contributed by atoms with Crippen LogP contribution in [0.1, 0.15) is 5.69 Å². The summed E-state index contributed by atoms with van der Waals surface area (Å²) >= 11 is 0. The number of H-pyrrole nitrogens is 1. The average molecular weight is 187 g/mol. The van der Waals surface area contributed by atoms with Gasteiger partial charge in [0.25, 0.3) is 0 Å². The molecule has 14 heavy (non-hydrogen) atoms. The normalized spacial score (nSPS) is 9.71. The third-order valence-corrected chi connectivity index (χ3v) is 1.89. The lowest BCUT2D eigenvalue weighted by Crippen LogP contribution is -1.86. The van der Waals surface area contributed by atoms with Gasteiger partial charge in [0.05, 0.1) is 12.0 Å². The van der Waals surface area contributed by atoms with Gasteiger partial charge in [0, 0.05) is 5.56 Å². The maximum Gasteiger partial charge on any atom is 0.166 e. The first kappa shape index (κ1) is 8.45. The summed E-state index contributed by atoms with van der Waals surface area (Å²) in [5, 5.41) is 8.70. The van der Waals surface area contributed by atoms with Crippen LogP contribution in [0, 0.1) is 17.1 Å². The number of nitrogens with zero attached hydrogens (tertiary/aromatic N) is 2. The van der Waals surface area contributed by atoms with E-state index in [0.717, 1.165) is 0 Å². The molecule has 1 aromatic carbocycles. The molecule has 0 aliphatic heterocycles. The SMILES string of the molecule is N#Cc1nc[nH]c1-c1ccccc1F. The third-order valence-electron chi connectivity index (χ3n) is 1.89. The Morgan fingerprint density at radius 1 is 1.36 bits per heavy atom. The summed E-state index contributed by atoms with van der Waals surface area (Å²) in [5.41, 5.74) is 0.988. The molecule has 68 valence electrons. The first-order valence-corrected chi connectivity index (χ1v) is 4.01. The fourth-order valence-corrected chi connectivity index (χ4v) is 1.25. The number of nitriles is 1. The molecule has 0 unspecified atom stereocenters. The predicted octanol–water partition coefficient (Wildman–Crippen LogP) is 2.09. The summed E-state index contributed by atoms with van der Waals surface area (Å²) in [6.07, 6.45) is 1.38. The molecule has 0 fully saturated rings. The summed E-state index contributed by atoms with van der Waals surface area (Å²) in [6, 6.07) is 8.14. The molecular formula is C10H6FN3. The first-order valence-electron chi connectivity index (χ1n) is 4.01. The lowest BCUT2D eigenvalue weighted by molar-refractivity contribution is 0.631. The molecule has 0 saturated heterocycles. The van der Waals surface area contributed by atoms with E-state index in [4.69, 9.17) is 5.26 Å². The highest BCUT2D eigenvalue weighted by Gasteiger charge is 2.10. The van der Waals surface area contributed by atoms with Crippen LogP contribution >= 0.6 is 0 Å². The monoisotopic (exact) mass is 187 g/mol. The van der Waals surface area contributed by atoms with E-state index >= 15 is 0 Å². The molecule has 0 spiro atoms. The van der Waals surface area contributed by atoms with Gasteiger partial charge in [-0.25, -0.2) is 9.37 Å². The number of hydrogen-bond acceptors (Lipinski definition) is 2. The fraction of sp³-hybridized carbons (Fsp3) is 0. The molecule has 4 heteroatoms. The van der Waals surface area contributed by atoms with E-state index in [2.05, 4.69) is 9.97 Å². The molecule has 0 aliphatic rings. The van der Waals surface area contributed by atoms with Crippen molar-refractivity contribution < 1.29 is 4.39 Å². The molecule has 0 bridgehead atoms. The van der Waals surface area contributed by atoms with Gasteiger partial charge in [-0.2, -0.15) is 5.26 Å². The van der Waals surface area contributed by atoms with Gasteiger partial charge in [0.15, 0.2) is 5.69 Å². The quantitative estimate of drug-likeness (QED) is 0.743. The molecule has 1 N–H and O–H groups in total. The van der Waals surface area contributed by atoms with Gasteiger partial charge in [-0.05, 0) is 12.1 Å². The van der Waals surface area contributed by atoms with Crippen molar-refractivity contribution >= 4 is 0 Å². The topological polar surface area (TPSA) is 52.5 Å². The van der Waals surface area contributed by atoms with Crippen LogP contribution in [0.15, 0.2) is 30.6 Å². The Labute approximate surface area is 79.8 Å². The molecule has 0 atom stereocenters. The second kappa shape index (κ2) is 3.30. The molecule has 0 radical (unpaired) electrons. The van der Waals surface area contributed by atoms with Crippen molar-refractivity contribution in [3.63, 3.8) is 0 Å². The molecule has 0 amide bonds. The first-order chi connectivity index (χ1) is 6.83. The van der Waals surface area contributed by atoms with Gasteiger partial charge in [-0.1, -0.05) is 12.1 Å². The molecular weight excluding hydrogens is 181 g/mol. The van der Waals surface area contributed by atoms with Crippen molar-refractivity contribution in [2.24, 2.45) is 0 Å². The molecule has 0 saturated carbocycles. The van der Waals surface area contributed by atoms with E-state index in [1.54, 1.807) is 18.2 Å². The second-order valence-electron chi connectivity index (χ2n) is 2.72. The van der Waals surface area contributed by atoms with Crippen LogP contribution in [0.4, 0.5) is 4.39 Å². The summed E-state index contributed by atoms with van der Waals surface area (Å²) in [4.78, 5) is 6.51. The number of imidazole rings is 1. The lowest BCUT2D eigenvalue weighted by Gasteiger charge is -1.98. The van der Waals surface area contributed by atoms with Gasteiger partial charge >= 0.3 is 0 Å². The van der Waals surface area contributed by atoms with Crippen LogP contribution in [-0.4, -0.2) is 9.97 Å². The van der Waals surface area contributed by atoms with Crippen molar-refractivity contribution in [1.82, 2.24) is 9.97 Å². The molecule has 0 aliphatic carbocycles. The van der Waals surface area contributed by atoms with E-state index in [9.17, 15) is 4.39 Å². The van der Waals surface area contributed by atoms with Crippen molar-refractivity contribution in [2.75, 3.05) is 0 Å². The predicted molar refractivity (Wildman–Crippen MR) is 48.7 cm³/mol. The Bertz CT molecular complexity index is 496. The molecule has 2 aromatic rings. The van der Waals surface area contributed by atoms with E-state index in [-0.39, 0.29) is 11.5 Å². The summed E-state index contributed by atoms with van der Waals surface area (Å²) in [6.45, 7) is 0. The van der Waals surface area contributed by atoms with E-state index in [0.29, 0.717) is 11.3 Å². The highest BCUT2D eigenvalue weighted by atomic mass is 19.1. The average Bonchev–Trinajstić information content (AvgIpc) is 2.66. The minimum Gasteiger partial charge on any atom is -0.343 e. The van der Waals surface area contributed by atoms with Gasteiger partial charge in [0.2, 0.25) is 0 Å². The van der Waals surface area contributed by atoms with Crippen LogP contribution < -0.4 is 0 Å². The zero-order chi connectivity index (χ0) is 9.97. The highest BCUT2D eigenvalue weighted by Crippen LogP contribution is 2.22. The minimum absolute atomic E-state index is 0.204. The Morgan fingerprint density at radius 2 is 2.14 bits per heavy atom. The van der Waals surface area contributed by atoms with E-state index in [1.807, 2.05) is 6.07 Å². The minimum atomic E-state index is -0.367. The van der Waals surface area contributed by atoms with Gasteiger partial charge in [-0.3, -0.25) is 0 Å². The zero-order valence-corrected chi connectivity index (χ0v) is 7.16. The Hall–Kier alpha value is -2.15. The highest BCUT2D eigenvalue weighted by molar-refractivity contribution is 5.65. The van der Waals surface area contributed by atoms with Gasteiger partial charge in [-0.15, -0.1) is 0 Å². The number of rotatable bonds is 1. The Balaban J connectivity index is 2.62. The van der Waals surface area contributed by atoms with Crippen LogP contribution in [0.2, 0.25) is 0 Å². The van der Waals surface area contributed by atoms with Gasteiger partial charge in [0.1, 0.15) is 11.9 Å². The van der Waals surface area contributed by atoms with Gasteiger partial charge < -0.3 is 4.98 Å². The molecule has 1 aromatic heterocycles. The largest absolute Gasteiger partial charge is 0.343 e. The number of nitrogens with one attached hydrogen (secondary N) is 1. The van der Waals surface area contributed by atoms with Crippen molar-refractivity contribution in [3.05, 3.63) is 42.1 Å². The number of aromatic nitrogens is 2. The standard InChI is InChI=1S/C10H6FN3/c11-8-4-2-1-3-7(8)10-9(5-12)13-6-14-10/h1-4,6H,(H,13,14). The van der Waals surface area contributed by atoms with Crippen molar-refractivity contribution in [3.8, 4) is 17.3 Å². The summed E-state index contributed by atoms with van der Waals surface area (Å²) in [7, 11) is 0. The maximum absolute atomic E-state index is 13.3.